The van der Waals surface area contributed by atoms with Crippen molar-refractivity contribution in [2.75, 3.05) is 12.3 Å². The van der Waals surface area contributed by atoms with Crippen LogP contribution < -0.4 is 5.73 Å². The second kappa shape index (κ2) is 8.60. The Labute approximate surface area is 177 Å². The number of nitriles is 1. The molecule has 2 N–H and O–H groups in total. The number of halogens is 3. The molecular formula is C22H20F3N5O. The third kappa shape index (κ3) is 5.09. The number of alkyl halides is 3. The van der Waals surface area contributed by atoms with Crippen LogP contribution in [-0.4, -0.2) is 27.3 Å². The predicted molar refractivity (Wildman–Crippen MR) is 110 cm³/mol. The van der Waals surface area contributed by atoms with Gasteiger partial charge in [-0.3, -0.25) is 9.78 Å². The molecule has 6 nitrogen and oxygen atoms in total. The van der Waals surface area contributed by atoms with Crippen molar-refractivity contribution in [3.63, 3.8) is 0 Å². The van der Waals surface area contributed by atoms with Gasteiger partial charge in [0.2, 0.25) is 0 Å². The maximum Gasteiger partial charge on any atom is 0.417 e. The molecule has 0 aliphatic carbocycles. The Morgan fingerprint density at radius 2 is 2.00 bits per heavy atom. The van der Waals surface area contributed by atoms with Crippen molar-refractivity contribution in [3.8, 4) is 6.07 Å². The summed E-state index contributed by atoms with van der Waals surface area (Å²) in [6, 6.07) is 11.0. The van der Waals surface area contributed by atoms with Crippen molar-refractivity contribution in [2.24, 2.45) is 5.92 Å². The molecule has 0 saturated heterocycles. The number of amides is 1. The van der Waals surface area contributed by atoms with Crippen LogP contribution in [0.2, 0.25) is 0 Å². The number of rotatable bonds is 5. The first-order valence-electron chi connectivity index (χ1n) is 9.46. The number of nitrogens with zero attached hydrogens (tertiary/aromatic N) is 4. The normalized spacial score (nSPS) is 12.4. The molecule has 31 heavy (non-hydrogen) atoms. The van der Waals surface area contributed by atoms with E-state index in [1.54, 1.807) is 25.1 Å². The van der Waals surface area contributed by atoms with Gasteiger partial charge >= 0.3 is 6.18 Å². The molecule has 3 rings (SSSR count). The second-order valence-electron chi connectivity index (χ2n) is 7.35. The van der Waals surface area contributed by atoms with E-state index in [1.807, 2.05) is 13.0 Å². The van der Waals surface area contributed by atoms with Gasteiger partial charge in [-0.15, -0.1) is 0 Å². The molecular weight excluding hydrogens is 407 g/mol. The number of hydrogen-bond donors (Lipinski definition) is 1. The third-order valence-corrected chi connectivity index (χ3v) is 4.80. The van der Waals surface area contributed by atoms with Crippen molar-refractivity contribution >= 4 is 22.6 Å². The number of nitrogen functional groups attached to an aromatic ring is 1. The van der Waals surface area contributed by atoms with Crippen LogP contribution in [-0.2, 0) is 12.7 Å². The average Bonchev–Trinajstić information content (AvgIpc) is 2.73. The Hall–Kier alpha value is -3.67. The molecule has 0 aliphatic rings. The van der Waals surface area contributed by atoms with Crippen LogP contribution in [0.25, 0.3) is 10.9 Å². The van der Waals surface area contributed by atoms with Gasteiger partial charge in [0.25, 0.3) is 5.91 Å². The van der Waals surface area contributed by atoms with Crippen LogP contribution >= 0.6 is 0 Å². The highest BCUT2D eigenvalue weighted by Crippen LogP contribution is 2.28. The van der Waals surface area contributed by atoms with E-state index in [4.69, 9.17) is 5.73 Å². The summed E-state index contributed by atoms with van der Waals surface area (Å²) in [5.74, 6) is -0.424. The van der Waals surface area contributed by atoms with Gasteiger partial charge in [-0.05, 0) is 55.8 Å². The topological polar surface area (TPSA) is 95.9 Å². The summed E-state index contributed by atoms with van der Waals surface area (Å²) < 4.78 is 38.3. The van der Waals surface area contributed by atoms with E-state index in [1.165, 1.54) is 11.0 Å². The first-order chi connectivity index (χ1) is 14.6. The summed E-state index contributed by atoms with van der Waals surface area (Å²) in [7, 11) is 0. The van der Waals surface area contributed by atoms with Gasteiger partial charge in [0, 0.05) is 23.7 Å². The highest BCUT2D eigenvalue weighted by molar-refractivity contribution is 5.98. The number of hydrogen-bond acceptors (Lipinski definition) is 5. The molecule has 160 valence electrons. The Morgan fingerprint density at radius 1 is 1.26 bits per heavy atom. The van der Waals surface area contributed by atoms with E-state index in [2.05, 4.69) is 16.0 Å². The molecule has 0 saturated carbocycles. The molecule has 0 spiro atoms. The highest BCUT2D eigenvalue weighted by Gasteiger charge is 2.30. The van der Waals surface area contributed by atoms with Gasteiger partial charge in [0.1, 0.15) is 5.82 Å². The van der Waals surface area contributed by atoms with Gasteiger partial charge in [-0.1, -0.05) is 0 Å². The SMILES string of the molecule is Cc1cc2cc(C(=O)N(Cc3ccc(C(F)(F)F)cn3)C[C@H](C)C#N)ccc2nc1N. The van der Waals surface area contributed by atoms with Crippen LogP contribution in [0.4, 0.5) is 19.0 Å². The summed E-state index contributed by atoms with van der Waals surface area (Å²) in [5, 5.41) is 9.91. The van der Waals surface area contributed by atoms with Crippen molar-refractivity contribution in [2.45, 2.75) is 26.6 Å². The van der Waals surface area contributed by atoms with Gasteiger partial charge in [-0.25, -0.2) is 4.98 Å². The van der Waals surface area contributed by atoms with Crippen LogP contribution in [0.5, 0.6) is 0 Å². The minimum atomic E-state index is -4.49. The van der Waals surface area contributed by atoms with Crippen LogP contribution in [0.15, 0.2) is 42.6 Å². The fourth-order valence-corrected chi connectivity index (χ4v) is 3.08. The second-order valence-corrected chi connectivity index (χ2v) is 7.35. The summed E-state index contributed by atoms with van der Waals surface area (Å²) in [4.78, 5) is 22.7. The minimum Gasteiger partial charge on any atom is -0.383 e. The zero-order chi connectivity index (χ0) is 22.8. The Kier molecular flexibility index (Phi) is 6.11. The van der Waals surface area contributed by atoms with Gasteiger partial charge in [0.15, 0.2) is 0 Å². The number of carbonyl (C=O) groups excluding carboxylic acids is 1. The fourth-order valence-electron chi connectivity index (χ4n) is 3.08. The number of anilines is 1. The van der Waals surface area contributed by atoms with Crippen molar-refractivity contribution in [1.29, 1.82) is 5.26 Å². The van der Waals surface area contributed by atoms with E-state index in [0.717, 1.165) is 23.2 Å². The van der Waals surface area contributed by atoms with Gasteiger partial charge in [-0.2, -0.15) is 18.4 Å². The zero-order valence-corrected chi connectivity index (χ0v) is 16.9. The van der Waals surface area contributed by atoms with Crippen molar-refractivity contribution in [1.82, 2.24) is 14.9 Å². The minimum absolute atomic E-state index is 0.0277. The molecule has 1 aromatic carbocycles. The van der Waals surface area contributed by atoms with E-state index >= 15 is 0 Å². The Bertz CT molecular complexity index is 1150. The molecule has 0 fully saturated rings. The summed E-state index contributed by atoms with van der Waals surface area (Å²) in [6.45, 7) is 3.56. The lowest BCUT2D eigenvalue weighted by Gasteiger charge is -2.24. The maximum absolute atomic E-state index is 13.2. The molecule has 2 aromatic heterocycles. The first-order valence-corrected chi connectivity index (χ1v) is 9.46. The monoisotopic (exact) mass is 427 g/mol. The van der Waals surface area contributed by atoms with Crippen molar-refractivity contribution < 1.29 is 18.0 Å². The molecule has 2 heterocycles. The molecule has 9 heteroatoms. The largest absolute Gasteiger partial charge is 0.417 e. The van der Waals surface area contributed by atoms with Gasteiger partial charge in [0.05, 0.1) is 35.3 Å². The van der Waals surface area contributed by atoms with Crippen LogP contribution in [0.1, 0.15) is 34.1 Å². The summed E-state index contributed by atoms with van der Waals surface area (Å²) >= 11 is 0. The summed E-state index contributed by atoms with van der Waals surface area (Å²) in [6.07, 6.45) is -3.75. The van der Waals surface area contributed by atoms with E-state index < -0.39 is 17.7 Å². The highest BCUT2D eigenvalue weighted by atomic mass is 19.4. The number of fused-ring (bicyclic) bond motifs is 1. The molecule has 1 amide bonds. The summed E-state index contributed by atoms with van der Waals surface area (Å²) in [5.41, 5.74) is 7.05. The van der Waals surface area contributed by atoms with E-state index in [9.17, 15) is 23.2 Å². The Morgan fingerprint density at radius 3 is 2.61 bits per heavy atom. The quantitative estimate of drug-likeness (QED) is 0.653. The number of benzene rings is 1. The van der Waals surface area contributed by atoms with E-state index in [-0.39, 0.29) is 24.7 Å². The van der Waals surface area contributed by atoms with Crippen molar-refractivity contribution in [3.05, 3.63) is 65.0 Å². The lowest BCUT2D eigenvalue weighted by molar-refractivity contribution is -0.137. The number of aryl methyl sites for hydroxylation is 1. The predicted octanol–water partition coefficient (Wildman–Crippen LogP) is 4.34. The number of nitrogens with two attached hydrogens (primary N) is 1. The molecule has 3 aromatic rings. The molecule has 1 atom stereocenters. The lowest BCUT2D eigenvalue weighted by Crippen LogP contribution is -2.34. The van der Waals surface area contributed by atoms with E-state index in [0.29, 0.717) is 16.9 Å². The average molecular weight is 427 g/mol. The Balaban J connectivity index is 1.91. The molecule has 0 bridgehead atoms. The number of carbonyl (C=O) groups is 1. The zero-order valence-electron chi connectivity index (χ0n) is 16.9. The van der Waals surface area contributed by atoms with Crippen LogP contribution in [0.3, 0.4) is 0 Å². The molecule has 0 radical (unpaired) electrons. The molecule has 0 unspecified atom stereocenters. The third-order valence-electron chi connectivity index (χ3n) is 4.80. The fraction of sp³-hybridized carbons (Fsp3) is 0.273. The van der Waals surface area contributed by atoms with Crippen LogP contribution in [0, 0.1) is 24.2 Å². The first kappa shape index (κ1) is 22.0. The lowest BCUT2D eigenvalue weighted by atomic mass is 10.1. The molecule has 0 aliphatic heterocycles. The number of pyridine rings is 2. The smallest absolute Gasteiger partial charge is 0.383 e. The maximum atomic E-state index is 13.2. The van der Waals surface area contributed by atoms with Gasteiger partial charge < -0.3 is 10.6 Å². The number of aromatic nitrogens is 2. The standard InChI is InChI=1S/C22H20F3N5O/c1-13(9-26)11-30(12-18-5-4-17(10-28-18)22(23,24)25)21(31)15-3-6-19-16(8-15)7-14(2)20(27)29-19/h3-8,10,13H,11-12H2,1-2H3,(H2,27,29)/t13-/m1/s1.